The molecule has 0 aromatic carbocycles. The van der Waals surface area contributed by atoms with Gasteiger partial charge in [0.2, 0.25) is 0 Å². The summed E-state index contributed by atoms with van der Waals surface area (Å²) >= 11 is -1.03. The predicted molar refractivity (Wildman–Crippen MR) is 44.2 cm³/mol. The van der Waals surface area contributed by atoms with E-state index >= 15 is 0 Å². The lowest BCUT2D eigenvalue weighted by molar-refractivity contribution is 0.335. The minimum Gasteiger partial charge on any atom is -0.291 e. The van der Waals surface area contributed by atoms with Crippen molar-refractivity contribution in [3.63, 3.8) is 0 Å². The highest BCUT2D eigenvalue weighted by molar-refractivity contribution is 7.80. The minimum atomic E-state index is -1.03. The van der Waals surface area contributed by atoms with Gasteiger partial charge in [-0.3, -0.25) is 4.18 Å². The van der Waals surface area contributed by atoms with Crippen molar-refractivity contribution >= 4 is 11.1 Å². The Kier molecular flexibility index (Phi) is 7.30. The van der Waals surface area contributed by atoms with Crippen molar-refractivity contribution in [2.24, 2.45) is 0 Å². The normalized spacial score (nSPS) is 13.4. The van der Waals surface area contributed by atoms with E-state index in [1.807, 2.05) is 6.92 Å². The van der Waals surface area contributed by atoms with Gasteiger partial charge in [0.25, 0.3) is 0 Å². The second-order valence-electron chi connectivity index (χ2n) is 2.12. The smallest absolute Gasteiger partial charge is 0.155 e. The lowest BCUT2D eigenvalue weighted by atomic mass is 10.3. The highest BCUT2D eigenvalue weighted by atomic mass is 32.2. The van der Waals surface area contributed by atoms with Crippen molar-refractivity contribution in [3.05, 3.63) is 0 Å². The van der Waals surface area contributed by atoms with Crippen molar-refractivity contribution in [1.29, 1.82) is 0 Å². The first-order chi connectivity index (χ1) is 4.81. The first kappa shape index (κ1) is 10.1. The molecule has 0 aliphatic heterocycles. The third-order valence-electron chi connectivity index (χ3n) is 1.20. The van der Waals surface area contributed by atoms with Crippen molar-refractivity contribution in [2.75, 3.05) is 12.4 Å². The Labute approximate surface area is 65.6 Å². The van der Waals surface area contributed by atoms with E-state index in [9.17, 15) is 4.21 Å². The van der Waals surface area contributed by atoms with Crippen LogP contribution < -0.4 is 0 Å². The molecule has 62 valence electrons. The van der Waals surface area contributed by atoms with Crippen molar-refractivity contribution in [2.45, 2.75) is 33.1 Å². The molecule has 0 aliphatic carbocycles. The fourth-order valence-electron chi connectivity index (χ4n) is 0.587. The highest BCUT2D eigenvalue weighted by Crippen LogP contribution is 1.95. The SMILES string of the molecule is CCCCCOS(=O)CC. The van der Waals surface area contributed by atoms with E-state index in [0.717, 1.165) is 6.42 Å². The summed E-state index contributed by atoms with van der Waals surface area (Å²) in [6.07, 6.45) is 3.38. The molecule has 0 amide bonds. The van der Waals surface area contributed by atoms with E-state index < -0.39 is 11.1 Å². The number of hydrogen-bond donors (Lipinski definition) is 0. The van der Waals surface area contributed by atoms with Crippen molar-refractivity contribution in [1.82, 2.24) is 0 Å². The monoisotopic (exact) mass is 164 g/mol. The molecule has 0 N–H and O–H groups in total. The molecule has 0 aromatic heterocycles. The van der Waals surface area contributed by atoms with E-state index in [-0.39, 0.29) is 0 Å². The van der Waals surface area contributed by atoms with Crippen LogP contribution in [0.5, 0.6) is 0 Å². The molecule has 0 aromatic rings. The summed E-state index contributed by atoms with van der Waals surface area (Å²) in [6, 6.07) is 0. The molecule has 1 unspecified atom stereocenters. The van der Waals surface area contributed by atoms with Crippen LogP contribution in [0, 0.1) is 0 Å². The summed E-state index contributed by atoms with van der Waals surface area (Å²) < 4.78 is 15.6. The van der Waals surface area contributed by atoms with Crippen molar-refractivity contribution < 1.29 is 8.39 Å². The third kappa shape index (κ3) is 6.23. The van der Waals surface area contributed by atoms with Gasteiger partial charge in [-0.2, -0.15) is 0 Å². The van der Waals surface area contributed by atoms with E-state index in [2.05, 4.69) is 6.92 Å². The predicted octanol–water partition coefficient (Wildman–Crippen LogP) is 1.88. The molecule has 0 saturated heterocycles. The fourth-order valence-corrected chi connectivity index (χ4v) is 1.06. The van der Waals surface area contributed by atoms with E-state index in [1.54, 1.807) is 0 Å². The molecule has 0 radical (unpaired) electrons. The average Bonchev–Trinajstić information content (AvgIpc) is 1.98. The Morgan fingerprint density at radius 3 is 2.50 bits per heavy atom. The van der Waals surface area contributed by atoms with Crippen LogP contribution in [0.4, 0.5) is 0 Å². The van der Waals surface area contributed by atoms with Gasteiger partial charge in [-0.25, -0.2) is 4.21 Å². The molecule has 3 heteroatoms. The maximum atomic E-state index is 10.7. The largest absolute Gasteiger partial charge is 0.291 e. The fraction of sp³-hybridized carbons (Fsp3) is 1.00. The molecule has 0 aliphatic rings. The lowest BCUT2D eigenvalue weighted by Crippen LogP contribution is -2.00. The maximum absolute atomic E-state index is 10.7. The third-order valence-corrected chi connectivity index (χ3v) is 2.10. The quantitative estimate of drug-likeness (QED) is 0.560. The highest BCUT2D eigenvalue weighted by Gasteiger charge is 1.93. The molecular weight excluding hydrogens is 148 g/mol. The Bertz CT molecular complexity index is 93.6. The van der Waals surface area contributed by atoms with Crippen molar-refractivity contribution in [3.8, 4) is 0 Å². The summed E-state index contributed by atoms with van der Waals surface area (Å²) in [5.74, 6) is 0.603. The first-order valence-electron chi connectivity index (χ1n) is 3.82. The molecule has 0 rings (SSSR count). The van der Waals surface area contributed by atoms with Gasteiger partial charge in [0.05, 0.1) is 6.61 Å². The van der Waals surface area contributed by atoms with Gasteiger partial charge in [-0.1, -0.05) is 26.7 Å². The Hall–Kier alpha value is 0.110. The number of rotatable bonds is 6. The van der Waals surface area contributed by atoms with Crippen LogP contribution in [0.2, 0.25) is 0 Å². The number of unbranched alkanes of at least 4 members (excludes halogenated alkanes) is 2. The van der Waals surface area contributed by atoms with Gasteiger partial charge in [0, 0.05) is 5.75 Å². The zero-order valence-corrected chi connectivity index (χ0v) is 7.58. The zero-order valence-electron chi connectivity index (χ0n) is 6.76. The van der Waals surface area contributed by atoms with Gasteiger partial charge >= 0.3 is 0 Å². The van der Waals surface area contributed by atoms with Gasteiger partial charge < -0.3 is 0 Å². The topological polar surface area (TPSA) is 26.3 Å². The van der Waals surface area contributed by atoms with E-state index in [0.29, 0.717) is 12.4 Å². The standard InChI is InChI=1S/C7H16O2S/c1-3-5-6-7-9-10(8)4-2/h3-7H2,1-2H3. The van der Waals surface area contributed by atoms with Crippen LogP contribution in [0.25, 0.3) is 0 Å². The van der Waals surface area contributed by atoms with Gasteiger partial charge in [0.1, 0.15) is 0 Å². The summed E-state index contributed by atoms with van der Waals surface area (Å²) in [5, 5.41) is 0. The second-order valence-corrected chi connectivity index (χ2v) is 3.54. The van der Waals surface area contributed by atoms with E-state index in [1.165, 1.54) is 12.8 Å². The summed E-state index contributed by atoms with van der Waals surface area (Å²) in [4.78, 5) is 0. The molecule has 1 atom stereocenters. The van der Waals surface area contributed by atoms with Crippen LogP contribution in [-0.2, 0) is 15.3 Å². The Balaban J connectivity index is 2.96. The molecule has 0 fully saturated rings. The van der Waals surface area contributed by atoms with Crippen LogP contribution in [0.15, 0.2) is 0 Å². The maximum Gasteiger partial charge on any atom is 0.155 e. The molecule has 0 bridgehead atoms. The van der Waals surface area contributed by atoms with Crippen LogP contribution in [-0.4, -0.2) is 16.6 Å². The van der Waals surface area contributed by atoms with E-state index in [4.69, 9.17) is 4.18 Å². The summed E-state index contributed by atoms with van der Waals surface area (Å²) in [7, 11) is 0. The summed E-state index contributed by atoms with van der Waals surface area (Å²) in [6.45, 7) is 4.64. The Morgan fingerprint density at radius 1 is 1.30 bits per heavy atom. The zero-order chi connectivity index (χ0) is 7.82. The average molecular weight is 164 g/mol. The molecule has 0 spiro atoms. The first-order valence-corrected chi connectivity index (χ1v) is 5.07. The van der Waals surface area contributed by atoms with Gasteiger partial charge in [-0.05, 0) is 6.42 Å². The second kappa shape index (κ2) is 7.22. The molecular formula is C7H16O2S. The molecule has 0 saturated carbocycles. The number of hydrogen-bond acceptors (Lipinski definition) is 2. The lowest BCUT2D eigenvalue weighted by Gasteiger charge is -1.98. The minimum absolute atomic E-state index is 0.603. The summed E-state index contributed by atoms with van der Waals surface area (Å²) in [5.41, 5.74) is 0. The van der Waals surface area contributed by atoms with Crippen LogP contribution >= 0.6 is 0 Å². The molecule has 10 heavy (non-hydrogen) atoms. The van der Waals surface area contributed by atoms with Gasteiger partial charge in [0.15, 0.2) is 11.1 Å². The molecule has 2 nitrogen and oxygen atoms in total. The Morgan fingerprint density at radius 2 is 2.00 bits per heavy atom. The van der Waals surface area contributed by atoms with Crippen LogP contribution in [0.1, 0.15) is 33.1 Å². The molecule has 0 heterocycles. The van der Waals surface area contributed by atoms with Crippen LogP contribution in [0.3, 0.4) is 0 Å². The van der Waals surface area contributed by atoms with Gasteiger partial charge in [-0.15, -0.1) is 0 Å².